The summed E-state index contributed by atoms with van der Waals surface area (Å²) >= 11 is 1.49. The van der Waals surface area contributed by atoms with Gasteiger partial charge in [-0.1, -0.05) is 54.6 Å². The van der Waals surface area contributed by atoms with Crippen LogP contribution in [0.5, 0.6) is 0 Å². The highest BCUT2D eigenvalue weighted by atomic mass is 32.2. The fourth-order valence-corrected chi connectivity index (χ4v) is 2.83. The van der Waals surface area contributed by atoms with Crippen molar-refractivity contribution in [3.8, 4) is 11.1 Å². The van der Waals surface area contributed by atoms with Crippen LogP contribution in [0.25, 0.3) is 11.1 Å². The zero-order chi connectivity index (χ0) is 15.1. The largest absolute Gasteiger partial charge is 0.468 e. The molecule has 1 unspecified atom stereocenters. The summed E-state index contributed by atoms with van der Waals surface area (Å²) in [5, 5.41) is 0. The molecule has 0 aromatic heterocycles. The number of esters is 1. The minimum atomic E-state index is -0.216. The zero-order valence-corrected chi connectivity index (χ0v) is 12.8. The number of rotatable bonds is 6. The molecule has 4 heteroatoms. The second-order valence-corrected chi connectivity index (χ2v) is 5.72. The van der Waals surface area contributed by atoms with Crippen LogP contribution in [0.2, 0.25) is 0 Å². The molecule has 0 fully saturated rings. The maximum atomic E-state index is 11.0. The Morgan fingerprint density at radius 2 is 1.71 bits per heavy atom. The Bertz CT molecular complexity index is 569. The molecule has 21 heavy (non-hydrogen) atoms. The third-order valence-electron chi connectivity index (χ3n) is 3.19. The highest BCUT2D eigenvalue weighted by Crippen LogP contribution is 2.22. The predicted octanol–water partition coefficient (Wildman–Crippen LogP) is 3.26. The van der Waals surface area contributed by atoms with Crippen LogP contribution in [0.1, 0.15) is 11.6 Å². The third kappa shape index (κ3) is 4.62. The van der Waals surface area contributed by atoms with Crippen LogP contribution >= 0.6 is 11.8 Å². The fraction of sp³-hybridized carbons (Fsp3) is 0.235. The van der Waals surface area contributed by atoms with Crippen molar-refractivity contribution in [2.24, 2.45) is 5.73 Å². The number of carbonyl (C=O) groups excluding carboxylic acids is 1. The van der Waals surface area contributed by atoms with E-state index in [1.165, 1.54) is 30.0 Å². The van der Waals surface area contributed by atoms with Gasteiger partial charge in [0.15, 0.2) is 0 Å². The van der Waals surface area contributed by atoms with E-state index in [1.807, 2.05) is 30.3 Å². The molecule has 0 heterocycles. The Hall–Kier alpha value is -1.78. The van der Waals surface area contributed by atoms with E-state index in [-0.39, 0.29) is 12.0 Å². The Morgan fingerprint density at radius 3 is 2.33 bits per heavy atom. The number of methoxy groups -OCH3 is 1. The van der Waals surface area contributed by atoms with Crippen molar-refractivity contribution in [1.29, 1.82) is 0 Å². The Labute approximate surface area is 129 Å². The van der Waals surface area contributed by atoms with Crippen LogP contribution in [0.4, 0.5) is 0 Å². The van der Waals surface area contributed by atoms with Crippen molar-refractivity contribution in [3.05, 3.63) is 60.2 Å². The third-order valence-corrected chi connectivity index (χ3v) is 4.23. The number of ether oxygens (including phenoxy) is 1. The Morgan fingerprint density at radius 1 is 1.10 bits per heavy atom. The summed E-state index contributed by atoms with van der Waals surface area (Å²) in [4.78, 5) is 11.0. The molecule has 2 N–H and O–H groups in total. The maximum Gasteiger partial charge on any atom is 0.315 e. The molecule has 0 amide bonds. The van der Waals surface area contributed by atoms with Gasteiger partial charge >= 0.3 is 5.97 Å². The van der Waals surface area contributed by atoms with Gasteiger partial charge in [-0.25, -0.2) is 0 Å². The molecule has 0 aliphatic carbocycles. The van der Waals surface area contributed by atoms with Gasteiger partial charge in [0.25, 0.3) is 0 Å². The van der Waals surface area contributed by atoms with E-state index in [4.69, 9.17) is 5.73 Å². The molecular weight excluding hydrogens is 282 g/mol. The molecule has 110 valence electrons. The predicted molar refractivity (Wildman–Crippen MR) is 88.1 cm³/mol. The first-order valence-electron chi connectivity index (χ1n) is 6.76. The lowest BCUT2D eigenvalue weighted by Gasteiger charge is -2.12. The van der Waals surface area contributed by atoms with E-state index in [9.17, 15) is 4.79 Å². The van der Waals surface area contributed by atoms with E-state index in [0.29, 0.717) is 11.5 Å². The van der Waals surface area contributed by atoms with Gasteiger partial charge < -0.3 is 10.5 Å². The summed E-state index contributed by atoms with van der Waals surface area (Å²) in [6.07, 6.45) is 0. The first kappa shape index (κ1) is 15.6. The van der Waals surface area contributed by atoms with Crippen LogP contribution in [0.3, 0.4) is 0 Å². The average molecular weight is 301 g/mol. The van der Waals surface area contributed by atoms with E-state index in [2.05, 4.69) is 29.0 Å². The van der Waals surface area contributed by atoms with Crippen molar-refractivity contribution in [1.82, 2.24) is 0 Å². The lowest BCUT2D eigenvalue weighted by atomic mass is 10.0. The number of carbonyl (C=O) groups is 1. The summed E-state index contributed by atoms with van der Waals surface area (Å²) in [5.41, 5.74) is 9.58. The minimum absolute atomic E-state index is 0.0792. The van der Waals surface area contributed by atoms with Crippen molar-refractivity contribution < 1.29 is 9.53 Å². The van der Waals surface area contributed by atoms with Gasteiger partial charge in [0.05, 0.1) is 12.9 Å². The molecule has 0 aliphatic rings. The van der Waals surface area contributed by atoms with Gasteiger partial charge in [-0.3, -0.25) is 4.79 Å². The van der Waals surface area contributed by atoms with Gasteiger partial charge in [-0.15, -0.1) is 11.8 Å². The van der Waals surface area contributed by atoms with Gasteiger partial charge in [-0.2, -0.15) is 0 Å². The fourth-order valence-electron chi connectivity index (χ4n) is 1.98. The van der Waals surface area contributed by atoms with Crippen molar-refractivity contribution >= 4 is 17.7 Å². The standard InChI is InChI=1S/C17H19NO2S/c1-20-17(19)12-21-11-16(18)15-9-7-14(8-10-15)13-5-3-2-4-6-13/h2-10,16H,11-12,18H2,1H3. The summed E-state index contributed by atoms with van der Waals surface area (Å²) in [6, 6.07) is 18.4. The van der Waals surface area contributed by atoms with Crippen LogP contribution in [-0.2, 0) is 9.53 Å². The lowest BCUT2D eigenvalue weighted by molar-refractivity contribution is -0.137. The number of hydrogen-bond acceptors (Lipinski definition) is 4. The summed E-state index contributed by atoms with van der Waals surface area (Å²) in [5.74, 6) is 0.818. The van der Waals surface area contributed by atoms with Crippen LogP contribution < -0.4 is 5.73 Å². The molecule has 2 aromatic rings. The van der Waals surface area contributed by atoms with Gasteiger partial charge in [-0.05, 0) is 16.7 Å². The van der Waals surface area contributed by atoms with Gasteiger partial charge in [0.1, 0.15) is 0 Å². The van der Waals surface area contributed by atoms with E-state index in [0.717, 1.165) is 5.56 Å². The molecule has 1 atom stereocenters. The van der Waals surface area contributed by atoms with Crippen molar-refractivity contribution in [3.63, 3.8) is 0 Å². The van der Waals surface area contributed by atoms with Crippen molar-refractivity contribution in [2.45, 2.75) is 6.04 Å². The number of benzene rings is 2. The summed E-state index contributed by atoms with van der Waals surface area (Å²) < 4.78 is 4.60. The first-order valence-corrected chi connectivity index (χ1v) is 7.91. The summed E-state index contributed by atoms with van der Waals surface area (Å²) in [6.45, 7) is 0. The van der Waals surface area contributed by atoms with E-state index < -0.39 is 0 Å². The average Bonchev–Trinajstić information content (AvgIpc) is 2.55. The van der Waals surface area contributed by atoms with Gasteiger partial charge in [0, 0.05) is 11.8 Å². The smallest absolute Gasteiger partial charge is 0.315 e. The molecule has 2 aromatic carbocycles. The van der Waals surface area contributed by atoms with Crippen LogP contribution in [0.15, 0.2) is 54.6 Å². The summed E-state index contributed by atoms with van der Waals surface area (Å²) in [7, 11) is 1.39. The SMILES string of the molecule is COC(=O)CSCC(N)c1ccc(-c2ccccc2)cc1. The normalized spacial score (nSPS) is 11.9. The molecule has 0 bridgehead atoms. The number of nitrogens with two attached hydrogens (primary N) is 1. The molecule has 0 saturated heterocycles. The molecule has 3 nitrogen and oxygen atoms in total. The molecule has 0 saturated carbocycles. The highest BCUT2D eigenvalue weighted by Gasteiger charge is 2.08. The Balaban J connectivity index is 1.94. The topological polar surface area (TPSA) is 52.3 Å². The van der Waals surface area contributed by atoms with Crippen molar-refractivity contribution in [2.75, 3.05) is 18.6 Å². The molecule has 0 aliphatic heterocycles. The minimum Gasteiger partial charge on any atom is -0.468 e. The first-order chi connectivity index (χ1) is 10.2. The molecule has 0 spiro atoms. The molecule has 0 radical (unpaired) electrons. The van der Waals surface area contributed by atoms with Gasteiger partial charge in [0.2, 0.25) is 0 Å². The maximum absolute atomic E-state index is 11.0. The van der Waals surface area contributed by atoms with Crippen LogP contribution in [0, 0.1) is 0 Å². The van der Waals surface area contributed by atoms with E-state index in [1.54, 1.807) is 0 Å². The Kier molecular flexibility index (Phi) is 5.84. The highest BCUT2D eigenvalue weighted by molar-refractivity contribution is 7.99. The number of hydrogen-bond donors (Lipinski definition) is 1. The molecule has 2 rings (SSSR count). The van der Waals surface area contributed by atoms with Crippen LogP contribution in [-0.4, -0.2) is 24.6 Å². The molecular formula is C17H19NO2S. The van der Waals surface area contributed by atoms with E-state index >= 15 is 0 Å². The monoisotopic (exact) mass is 301 g/mol. The quantitative estimate of drug-likeness (QED) is 0.832. The second-order valence-electron chi connectivity index (χ2n) is 4.69. The second kappa shape index (κ2) is 7.86. The lowest BCUT2D eigenvalue weighted by Crippen LogP contribution is -2.14. The number of thioether (sulfide) groups is 1. The zero-order valence-electron chi connectivity index (χ0n) is 12.0.